The van der Waals surface area contributed by atoms with Crippen molar-refractivity contribution in [3.8, 4) is 0 Å². The van der Waals surface area contributed by atoms with E-state index in [9.17, 15) is 0 Å². The first-order chi connectivity index (χ1) is 4.00. The molecule has 12 heavy (non-hydrogen) atoms. The molecule has 0 aliphatic carbocycles. The van der Waals surface area contributed by atoms with E-state index in [0.29, 0.717) is 0 Å². The van der Waals surface area contributed by atoms with Gasteiger partial charge in [-0.05, 0) is 0 Å². The Labute approximate surface area is 110 Å². The van der Waals surface area contributed by atoms with Crippen molar-refractivity contribution in [3.05, 3.63) is 0 Å². The van der Waals surface area contributed by atoms with E-state index in [2.05, 4.69) is 0 Å². The molecule has 0 heterocycles. The average Bonchev–Trinajstić information content (AvgIpc) is 1.12. The molecule has 0 saturated heterocycles. The fourth-order valence-electron chi connectivity index (χ4n) is 0. The van der Waals surface area contributed by atoms with Gasteiger partial charge in [0.25, 0.3) is 7.82 Å². The first kappa shape index (κ1) is 23.6. The summed E-state index contributed by atoms with van der Waals surface area (Å²) in [4.78, 5) is 44.5. The fraction of sp³-hybridized carbons (Fsp3) is 0. The molecule has 0 aliphatic heterocycles. The van der Waals surface area contributed by atoms with Crippen molar-refractivity contribution in [2.75, 3.05) is 0 Å². The summed E-state index contributed by atoms with van der Waals surface area (Å²) >= 11 is 0. The van der Waals surface area contributed by atoms with Crippen LogP contribution in [-0.4, -0.2) is 24.5 Å². The molecule has 0 unspecified atom stereocenters. The van der Waals surface area contributed by atoms with Gasteiger partial charge in [0, 0.05) is 0 Å². The van der Waals surface area contributed by atoms with Crippen molar-refractivity contribution in [3.63, 3.8) is 0 Å². The summed E-state index contributed by atoms with van der Waals surface area (Å²) in [6.45, 7) is 0. The van der Waals surface area contributed by atoms with Crippen LogP contribution in [0, 0.1) is 0 Å². The summed E-state index contributed by atoms with van der Waals surface area (Å²) < 4.78 is 17.7. The monoisotopic (exact) mass is 251 g/mol. The minimum absolute atomic E-state index is 0. The molecule has 0 aromatic carbocycles. The zero-order valence-corrected chi connectivity index (χ0v) is 11.0. The second-order valence-corrected chi connectivity index (χ2v) is 3.01. The van der Waals surface area contributed by atoms with Crippen LogP contribution < -0.4 is 62.4 Å². The smallest absolute Gasteiger partial charge is 0.756 e. The normalized spacial score (nSPS) is 9.83. The standard InChI is InChI=1S/K.H3N.2H3O4P/c;;2*1-5(2,3)4/h;1H3;2*(H3,1,2,3,4)/q+1;;;/p-1. The number of phosphoric acid groups is 2. The van der Waals surface area contributed by atoms with Crippen LogP contribution in [0.3, 0.4) is 0 Å². The van der Waals surface area contributed by atoms with E-state index < -0.39 is 15.6 Å². The summed E-state index contributed by atoms with van der Waals surface area (Å²) in [5.74, 6) is 0. The number of hydrogen-bond donors (Lipinski definition) is 6. The maximum absolute atomic E-state index is 8.88. The third-order valence-electron chi connectivity index (χ3n) is 0. The summed E-state index contributed by atoms with van der Waals surface area (Å²) in [7, 11) is -9.53. The van der Waals surface area contributed by atoms with Crippen molar-refractivity contribution in [2.45, 2.75) is 0 Å². The summed E-state index contributed by atoms with van der Waals surface area (Å²) in [6.07, 6.45) is 0. The second kappa shape index (κ2) is 9.37. The van der Waals surface area contributed by atoms with Gasteiger partial charge in [0.15, 0.2) is 0 Å². The van der Waals surface area contributed by atoms with Crippen molar-refractivity contribution >= 4 is 15.6 Å². The van der Waals surface area contributed by atoms with Gasteiger partial charge in [-0.2, -0.15) is 0 Å². The predicted octanol–water partition coefficient (Wildman–Crippen LogP) is -5.32. The molecule has 0 saturated carbocycles. The maximum Gasteiger partial charge on any atom is 1.00 e. The number of hydrogen-bond acceptors (Lipinski definition) is 4. The zero-order chi connectivity index (χ0) is 9.00. The van der Waals surface area contributed by atoms with Gasteiger partial charge in [0.05, 0.1) is 0 Å². The Morgan fingerprint density at radius 2 is 0.917 bits per heavy atom. The molecule has 0 amide bonds. The van der Waals surface area contributed by atoms with E-state index in [1.165, 1.54) is 0 Å². The zero-order valence-electron chi connectivity index (χ0n) is 6.06. The van der Waals surface area contributed by atoms with Crippen LogP contribution in [0.4, 0.5) is 0 Å². The van der Waals surface area contributed by atoms with Gasteiger partial charge in [-0.3, -0.25) is 4.57 Å². The van der Waals surface area contributed by atoms with Gasteiger partial charge in [0.2, 0.25) is 0 Å². The molecule has 0 radical (unpaired) electrons. The molecule has 8 N–H and O–H groups in total. The van der Waals surface area contributed by atoms with Crippen molar-refractivity contribution in [1.29, 1.82) is 0 Å². The number of rotatable bonds is 0. The van der Waals surface area contributed by atoms with E-state index in [0.717, 1.165) is 0 Å². The van der Waals surface area contributed by atoms with Crippen molar-refractivity contribution in [1.82, 2.24) is 6.15 Å². The summed E-state index contributed by atoms with van der Waals surface area (Å²) in [6, 6.07) is 0. The summed E-state index contributed by atoms with van der Waals surface area (Å²) in [5, 5.41) is 0. The van der Waals surface area contributed by atoms with E-state index in [-0.39, 0.29) is 57.5 Å². The van der Waals surface area contributed by atoms with Crippen molar-refractivity contribution < 1.29 is 89.9 Å². The van der Waals surface area contributed by atoms with Crippen LogP contribution in [0.1, 0.15) is 0 Å². The molecule has 0 aliphatic rings. The molecule has 0 bridgehead atoms. The topological polar surface area (TPSA) is 193 Å². The molecular weight excluding hydrogens is 243 g/mol. The molecule has 0 fully saturated rings. The third kappa shape index (κ3) is 419. The van der Waals surface area contributed by atoms with Crippen LogP contribution in [0.2, 0.25) is 0 Å². The van der Waals surface area contributed by atoms with Crippen molar-refractivity contribution in [2.24, 2.45) is 0 Å². The van der Waals surface area contributed by atoms with Gasteiger partial charge in [0.1, 0.15) is 0 Å². The summed E-state index contributed by atoms with van der Waals surface area (Å²) in [5.41, 5.74) is 0. The van der Waals surface area contributed by atoms with E-state index in [1.54, 1.807) is 0 Å². The van der Waals surface area contributed by atoms with Gasteiger partial charge in [-0.25, -0.2) is 4.57 Å². The van der Waals surface area contributed by atoms with Gasteiger partial charge >= 0.3 is 59.2 Å². The van der Waals surface area contributed by atoms with Crippen LogP contribution in [0.5, 0.6) is 0 Å². The molecule has 9 nitrogen and oxygen atoms in total. The molecule has 0 rings (SSSR count). The van der Waals surface area contributed by atoms with E-state index >= 15 is 0 Å². The third-order valence-corrected chi connectivity index (χ3v) is 0. The Bertz CT molecular complexity index is 129. The predicted molar refractivity (Wildman–Crippen MR) is 31.3 cm³/mol. The van der Waals surface area contributed by atoms with Gasteiger partial charge in [-0.1, -0.05) is 0 Å². The quantitative estimate of drug-likeness (QED) is 0.180. The largest absolute Gasteiger partial charge is 1.00 e. The molecule has 72 valence electrons. The minimum atomic E-state index is -4.89. The Hall–Kier alpha value is 1.82. The second-order valence-electron chi connectivity index (χ2n) is 1.00. The Kier molecular flexibility index (Phi) is 18.4. The average molecular weight is 251 g/mol. The van der Waals surface area contributed by atoms with Crippen LogP contribution in [0.25, 0.3) is 0 Å². The molecule has 0 atom stereocenters. The van der Waals surface area contributed by atoms with Gasteiger partial charge in [-0.15, -0.1) is 0 Å². The fourth-order valence-corrected chi connectivity index (χ4v) is 0. The van der Waals surface area contributed by atoms with Crippen LogP contribution in [0.15, 0.2) is 0 Å². The van der Waals surface area contributed by atoms with Crippen LogP contribution >= 0.6 is 15.6 Å². The molecule has 0 aromatic rings. The van der Waals surface area contributed by atoms with Gasteiger partial charge < -0.3 is 35.5 Å². The molecule has 0 aromatic heterocycles. The van der Waals surface area contributed by atoms with Crippen LogP contribution in [-0.2, 0) is 9.13 Å². The SMILES string of the molecule is N.O=P(O)(O)O.O=P([O-])(O)O.[K+]. The molecule has 12 heteroatoms. The maximum atomic E-state index is 8.88. The minimum Gasteiger partial charge on any atom is -0.756 e. The van der Waals surface area contributed by atoms with E-state index in [1.807, 2.05) is 0 Å². The van der Waals surface area contributed by atoms with E-state index in [4.69, 9.17) is 38.5 Å². The molecular formula is H8KNO8P2. The first-order valence-electron chi connectivity index (χ1n) is 1.55. The Balaban J connectivity index is -0.0000000457. The Morgan fingerprint density at radius 3 is 0.917 bits per heavy atom. The first-order valence-corrected chi connectivity index (χ1v) is 4.64. The Morgan fingerprint density at radius 1 is 0.917 bits per heavy atom. The molecule has 0 spiro atoms.